The van der Waals surface area contributed by atoms with Gasteiger partial charge in [0.05, 0.1) is 0 Å². The molecule has 0 aliphatic heterocycles. The van der Waals surface area contributed by atoms with Crippen molar-refractivity contribution in [1.82, 2.24) is 10.3 Å². The van der Waals surface area contributed by atoms with Crippen molar-refractivity contribution in [2.75, 3.05) is 14.1 Å². The van der Waals surface area contributed by atoms with Crippen LogP contribution in [-0.2, 0) is 0 Å². The van der Waals surface area contributed by atoms with Gasteiger partial charge < -0.3 is 4.90 Å². The second kappa shape index (κ2) is 3.73. The van der Waals surface area contributed by atoms with Crippen molar-refractivity contribution in [3.63, 3.8) is 0 Å². The topological polar surface area (TPSA) is 41.3 Å². The van der Waals surface area contributed by atoms with E-state index in [4.69, 9.17) is 5.84 Å². The van der Waals surface area contributed by atoms with Gasteiger partial charge in [0.25, 0.3) is 0 Å². The van der Waals surface area contributed by atoms with E-state index in [0.29, 0.717) is 11.6 Å². The number of rotatable bonds is 3. The van der Waals surface area contributed by atoms with E-state index in [2.05, 4.69) is 31.3 Å². The molecule has 0 heterocycles. The Labute approximate surface area is 75.3 Å². The SMILES string of the molecule is CC(NN)C1(N(C)C)CCCC1. The minimum atomic E-state index is 0.300. The van der Waals surface area contributed by atoms with Crippen molar-refractivity contribution < 1.29 is 0 Å². The van der Waals surface area contributed by atoms with Crippen LogP contribution < -0.4 is 11.3 Å². The van der Waals surface area contributed by atoms with Crippen LogP contribution in [0, 0.1) is 0 Å². The predicted octanol–water partition coefficient (Wildman–Crippen LogP) is 0.713. The van der Waals surface area contributed by atoms with Gasteiger partial charge in [0, 0.05) is 11.6 Å². The third-order valence-electron chi connectivity index (χ3n) is 3.42. The van der Waals surface area contributed by atoms with Crippen LogP contribution in [0.15, 0.2) is 0 Å². The molecule has 0 aromatic heterocycles. The van der Waals surface area contributed by atoms with Gasteiger partial charge in [-0.2, -0.15) is 0 Å². The van der Waals surface area contributed by atoms with Gasteiger partial charge in [-0.05, 0) is 33.9 Å². The second-order valence-corrected chi connectivity index (χ2v) is 4.09. The molecule has 1 rings (SSSR count). The van der Waals surface area contributed by atoms with Crippen LogP contribution in [0.25, 0.3) is 0 Å². The van der Waals surface area contributed by atoms with Crippen LogP contribution >= 0.6 is 0 Å². The summed E-state index contributed by atoms with van der Waals surface area (Å²) in [4.78, 5) is 2.32. The first kappa shape index (κ1) is 9.96. The standard InChI is InChI=1S/C9H21N3/c1-8(11-10)9(12(2)3)6-4-5-7-9/h8,11H,4-7,10H2,1-3H3. The first-order valence-corrected chi connectivity index (χ1v) is 4.77. The summed E-state index contributed by atoms with van der Waals surface area (Å²) < 4.78 is 0. The van der Waals surface area contributed by atoms with Crippen molar-refractivity contribution in [1.29, 1.82) is 0 Å². The maximum atomic E-state index is 5.50. The molecule has 1 aliphatic carbocycles. The highest BCUT2D eigenvalue weighted by molar-refractivity contribution is 4.99. The zero-order valence-electron chi connectivity index (χ0n) is 8.43. The number of nitrogens with zero attached hydrogens (tertiary/aromatic N) is 1. The van der Waals surface area contributed by atoms with E-state index >= 15 is 0 Å². The first-order valence-electron chi connectivity index (χ1n) is 4.77. The van der Waals surface area contributed by atoms with Crippen molar-refractivity contribution >= 4 is 0 Å². The molecule has 1 aliphatic rings. The van der Waals surface area contributed by atoms with E-state index < -0.39 is 0 Å². The van der Waals surface area contributed by atoms with Crippen molar-refractivity contribution in [2.24, 2.45) is 5.84 Å². The molecule has 1 saturated carbocycles. The Morgan fingerprint density at radius 3 is 2.17 bits per heavy atom. The zero-order valence-corrected chi connectivity index (χ0v) is 8.43. The van der Waals surface area contributed by atoms with Crippen LogP contribution in [-0.4, -0.2) is 30.6 Å². The van der Waals surface area contributed by atoms with Gasteiger partial charge in [-0.3, -0.25) is 11.3 Å². The molecule has 0 saturated heterocycles. The Morgan fingerprint density at radius 1 is 1.33 bits per heavy atom. The summed E-state index contributed by atoms with van der Waals surface area (Å²) in [5.41, 5.74) is 3.19. The second-order valence-electron chi connectivity index (χ2n) is 4.09. The summed E-state index contributed by atoms with van der Waals surface area (Å²) in [5.74, 6) is 5.50. The number of nitrogens with one attached hydrogen (secondary N) is 1. The molecule has 0 amide bonds. The quantitative estimate of drug-likeness (QED) is 0.485. The molecule has 0 bridgehead atoms. The number of hydrazine groups is 1. The largest absolute Gasteiger partial charge is 0.302 e. The minimum Gasteiger partial charge on any atom is -0.302 e. The highest BCUT2D eigenvalue weighted by Gasteiger charge is 2.40. The van der Waals surface area contributed by atoms with Crippen LogP contribution in [0.5, 0.6) is 0 Å². The molecule has 3 N–H and O–H groups in total. The smallest absolute Gasteiger partial charge is 0.0367 e. The van der Waals surface area contributed by atoms with Crippen molar-refractivity contribution in [2.45, 2.75) is 44.2 Å². The summed E-state index contributed by atoms with van der Waals surface area (Å²) in [6.07, 6.45) is 5.21. The van der Waals surface area contributed by atoms with Crippen molar-refractivity contribution in [3.05, 3.63) is 0 Å². The van der Waals surface area contributed by atoms with E-state index in [1.54, 1.807) is 0 Å². The highest BCUT2D eigenvalue weighted by atomic mass is 15.3. The maximum Gasteiger partial charge on any atom is 0.0367 e. The lowest BCUT2D eigenvalue weighted by molar-refractivity contribution is 0.113. The normalized spacial score (nSPS) is 24.8. The summed E-state index contributed by atoms with van der Waals surface area (Å²) >= 11 is 0. The molecule has 12 heavy (non-hydrogen) atoms. The summed E-state index contributed by atoms with van der Waals surface area (Å²) in [6.45, 7) is 2.17. The fraction of sp³-hybridized carbons (Fsp3) is 1.00. The Kier molecular flexibility index (Phi) is 3.09. The fourth-order valence-corrected chi connectivity index (χ4v) is 2.41. The Hall–Kier alpha value is -0.120. The Balaban J connectivity index is 2.71. The van der Waals surface area contributed by atoms with Gasteiger partial charge >= 0.3 is 0 Å². The van der Waals surface area contributed by atoms with Crippen LogP contribution in [0.4, 0.5) is 0 Å². The Bertz CT molecular complexity index is 139. The molecule has 3 heteroatoms. The maximum absolute atomic E-state index is 5.50. The third-order valence-corrected chi connectivity index (χ3v) is 3.42. The third kappa shape index (κ3) is 1.49. The van der Waals surface area contributed by atoms with Gasteiger partial charge in [-0.15, -0.1) is 0 Å². The zero-order chi connectivity index (χ0) is 9.19. The molecular weight excluding hydrogens is 150 g/mol. The molecule has 3 nitrogen and oxygen atoms in total. The molecule has 0 spiro atoms. The number of hydrogen-bond donors (Lipinski definition) is 2. The molecule has 0 aromatic rings. The summed E-state index contributed by atoms with van der Waals surface area (Å²) in [6, 6.07) is 0.384. The van der Waals surface area contributed by atoms with Gasteiger partial charge in [0.1, 0.15) is 0 Å². The lowest BCUT2D eigenvalue weighted by atomic mass is 9.88. The average molecular weight is 171 g/mol. The highest BCUT2D eigenvalue weighted by Crippen LogP contribution is 2.36. The molecule has 72 valence electrons. The predicted molar refractivity (Wildman–Crippen MR) is 51.7 cm³/mol. The number of nitrogens with two attached hydrogens (primary N) is 1. The molecule has 1 atom stereocenters. The van der Waals surface area contributed by atoms with E-state index in [0.717, 1.165) is 0 Å². The van der Waals surface area contributed by atoms with Crippen LogP contribution in [0.3, 0.4) is 0 Å². The molecular formula is C9H21N3. The fourth-order valence-electron chi connectivity index (χ4n) is 2.41. The van der Waals surface area contributed by atoms with Crippen LogP contribution in [0.1, 0.15) is 32.6 Å². The van der Waals surface area contributed by atoms with Gasteiger partial charge in [-0.1, -0.05) is 12.8 Å². The minimum absolute atomic E-state index is 0.300. The van der Waals surface area contributed by atoms with Gasteiger partial charge in [0.2, 0.25) is 0 Å². The molecule has 0 radical (unpaired) electrons. The van der Waals surface area contributed by atoms with Gasteiger partial charge in [0.15, 0.2) is 0 Å². The lowest BCUT2D eigenvalue weighted by Crippen LogP contribution is -2.57. The van der Waals surface area contributed by atoms with E-state index in [1.165, 1.54) is 25.7 Å². The Morgan fingerprint density at radius 2 is 1.83 bits per heavy atom. The van der Waals surface area contributed by atoms with Crippen molar-refractivity contribution in [3.8, 4) is 0 Å². The van der Waals surface area contributed by atoms with E-state index in [9.17, 15) is 0 Å². The molecule has 1 fully saturated rings. The van der Waals surface area contributed by atoms with Crippen LogP contribution in [0.2, 0.25) is 0 Å². The van der Waals surface area contributed by atoms with E-state index in [-0.39, 0.29) is 0 Å². The monoisotopic (exact) mass is 171 g/mol. The average Bonchev–Trinajstić information content (AvgIpc) is 2.52. The first-order chi connectivity index (χ1) is 5.63. The lowest BCUT2D eigenvalue weighted by Gasteiger charge is -2.41. The summed E-state index contributed by atoms with van der Waals surface area (Å²) in [5, 5.41) is 0. The molecule has 0 aromatic carbocycles. The summed E-state index contributed by atoms with van der Waals surface area (Å²) in [7, 11) is 4.30. The number of hydrogen-bond acceptors (Lipinski definition) is 3. The van der Waals surface area contributed by atoms with E-state index in [1.807, 2.05) is 0 Å². The van der Waals surface area contributed by atoms with Gasteiger partial charge in [-0.25, -0.2) is 0 Å². The number of likely N-dealkylation sites (N-methyl/N-ethyl adjacent to an activating group) is 1. The molecule has 1 unspecified atom stereocenters.